The summed E-state index contributed by atoms with van der Waals surface area (Å²) in [6, 6.07) is 3.09. The smallest absolute Gasteiger partial charge is 0.241 e. The minimum absolute atomic E-state index is 0.0323. The lowest BCUT2D eigenvalue weighted by Gasteiger charge is -2.19. The molecule has 0 bridgehead atoms. The maximum atomic E-state index is 12.9. The molecule has 94 valence electrons. The summed E-state index contributed by atoms with van der Waals surface area (Å²) < 4.78 is 25.7. The van der Waals surface area contributed by atoms with Crippen LogP contribution in [0.2, 0.25) is 0 Å². The van der Waals surface area contributed by atoms with E-state index in [9.17, 15) is 13.6 Å². The molecule has 3 nitrogen and oxygen atoms in total. The van der Waals surface area contributed by atoms with E-state index >= 15 is 0 Å². The number of carbonyl (C=O) groups excluding carboxylic acids is 1. The molecule has 0 saturated heterocycles. The molecule has 0 saturated carbocycles. The molecule has 0 aromatic heterocycles. The van der Waals surface area contributed by atoms with Gasteiger partial charge in [0.25, 0.3) is 0 Å². The molecule has 1 rings (SSSR count). The second-order valence-electron chi connectivity index (χ2n) is 3.58. The molecule has 1 amide bonds. The second kappa shape index (κ2) is 6.18. The summed E-state index contributed by atoms with van der Waals surface area (Å²) in [5, 5.41) is 2.70. The van der Waals surface area contributed by atoms with Gasteiger partial charge in [0.05, 0.1) is 6.54 Å². The van der Waals surface area contributed by atoms with Crippen molar-refractivity contribution in [2.24, 2.45) is 0 Å². The number of amides is 1. The number of halogens is 2. The first-order valence-electron chi connectivity index (χ1n) is 5.54. The third-order valence-corrected chi connectivity index (χ3v) is 2.42. The van der Waals surface area contributed by atoms with Crippen LogP contribution in [-0.2, 0) is 4.79 Å². The topological polar surface area (TPSA) is 32.3 Å². The molecule has 17 heavy (non-hydrogen) atoms. The largest absolute Gasteiger partial charge is 0.376 e. The molecule has 0 spiro atoms. The standard InChI is InChI=1S/C12H16F2N2O/c1-3-16(4-2)12(17)8-15-11-6-9(13)5-10(14)7-11/h5-7,15H,3-4,8H2,1-2H3. The summed E-state index contributed by atoms with van der Waals surface area (Å²) in [5.41, 5.74) is 0.267. The van der Waals surface area contributed by atoms with E-state index in [0.29, 0.717) is 13.1 Å². The van der Waals surface area contributed by atoms with Crippen LogP contribution in [0.25, 0.3) is 0 Å². The Bertz CT molecular complexity index is 372. The van der Waals surface area contributed by atoms with Crippen molar-refractivity contribution in [3.05, 3.63) is 29.8 Å². The molecule has 1 aromatic rings. The van der Waals surface area contributed by atoms with Crippen LogP contribution in [0.4, 0.5) is 14.5 Å². The van der Waals surface area contributed by atoms with E-state index in [1.165, 1.54) is 0 Å². The van der Waals surface area contributed by atoms with Crippen LogP contribution in [-0.4, -0.2) is 30.4 Å². The van der Waals surface area contributed by atoms with Gasteiger partial charge in [0.15, 0.2) is 0 Å². The Morgan fingerprint density at radius 3 is 2.18 bits per heavy atom. The average Bonchev–Trinajstić information content (AvgIpc) is 2.27. The first-order chi connectivity index (χ1) is 8.06. The zero-order valence-electron chi connectivity index (χ0n) is 9.96. The van der Waals surface area contributed by atoms with Crippen LogP contribution < -0.4 is 5.32 Å². The summed E-state index contributed by atoms with van der Waals surface area (Å²) >= 11 is 0. The number of likely N-dealkylation sites (N-methyl/N-ethyl adjacent to an activating group) is 1. The zero-order chi connectivity index (χ0) is 12.8. The van der Waals surface area contributed by atoms with Gasteiger partial charge in [0.2, 0.25) is 5.91 Å². The third-order valence-electron chi connectivity index (χ3n) is 2.42. The van der Waals surface area contributed by atoms with Gasteiger partial charge >= 0.3 is 0 Å². The van der Waals surface area contributed by atoms with Crippen LogP contribution in [0.5, 0.6) is 0 Å². The highest BCUT2D eigenvalue weighted by molar-refractivity contribution is 5.80. The van der Waals surface area contributed by atoms with Crippen LogP contribution in [0.15, 0.2) is 18.2 Å². The molecule has 1 aromatic carbocycles. The number of anilines is 1. The lowest BCUT2D eigenvalue weighted by atomic mass is 10.3. The monoisotopic (exact) mass is 242 g/mol. The van der Waals surface area contributed by atoms with Crippen molar-refractivity contribution < 1.29 is 13.6 Å². The Kier molecular flexibility index (Phi) is 4.87. The zero-order valence-corrected chi connectivity index (χ0v) is 9.96. The Morgan fingerprint density at radius 1 is 1.18 bits per heavy atom. The fraction of sp³-hybridized carbons (Fsp3) is 0.417. The number of nitrogens with zero attached hydrogens (tertiary/aromatic N) is 1. The normalized spacial score (nSPS) is 10.1. The molecule has 1 N–H and O–H groups in total. The van der Waals surface area contributed by atoms with Gasteiger partial charge in [-0.25, -0.2) is 8.78 Å². The van der Waals surface area contributed by atoms with Crippen molar-refractivity contribution in [1.29, 1.82) is 0 Å². The number of hydrogen-bond acceptors (Lipinski definition) is 2. The van der Waals surface area contributed by atoms with Gasteiger partial charge in [-0.3, -0.25) is 4.79 Å². The Hall–Kier alpha value is -1.65. The number of carbonyl (C=O) groups is 1. The number of rotatable bonds is 5. The summed E-state index contributed by atoms with van der Waals surface area (Å²) in [6.45, 7) is 5.03. The van der Waals surface area contributed by atoms with Crippen molar-refractivity contribution in [2.75, 3.05) is 25.0 Å². The lowest BCUT2D eigenvalue weighted by molar-refractivity contribution is -0.128. The predicted octanol–water partition coefficient (Wildman–Crippen LogP) is 2.25. The van der Waals surface area contributed by atoms with Gasteiger partial charge < -0.3 is 10.2 Å². The summed E-state index contributed by atoms with van der Waals surface area (Å²) in [4.78, 5) is 13.3. The number of hydrogen-bond donors (Lipinski definition) is 1. The minimum atomic E-state index is -0.664. The highest BCUT2D eigenvalue weighted by Gasteiger charge is 2.09. The van der Waals surface area contributed by atoms with Crippen LogP contribution in [0.1, 0.15) is 13.8 Å². The second-order valence-corrected chi connectivity index (χ2v) is 3.58. The van der Waals surface area contributed by atoms with E-state index < -0.39 is 11.6 Å². The SMILES string of the molecule is CCN(CC)C(=O)CNc1cc(F)cc(F)c1. The van der Waals surface area contributed by atoms with E-state index in [4.69, 9.17) is 0 Å². The predicted molar refractivity (Wildman–Crippen MR) is 62.8 cm³/mol. The lowest BCUT2D eigenvalue weighted by Crippen LogP contribution is -2.35. The summed E-state index contributed by atoms with van der Waals surface area (Å²) in [6.07, 6.45) is 0. The van der Waals surface area contributed by atoms with Crippen molar-refractivity contribution in [3.8, 4) is 0 Å². The highest BCUT2D eigenvalue weighted by Crippen LogP contribution is 2.12. The molecule has 0 aliphatic heterocycles. The van der Waals surface area contributed by atoms with E-state index in [2.05, 4.69) is 5.32 Å². The fourth-order valence-corrected chi connectivity index (χ4v) is 1.52. The molecular weight excluding hydrogens is 226 g/mol. The first-order valence-corrected chi connectivity index (χ1v) is 5.54. The minimum Gasteiger partial charge on any atom is -0.376 e. The maximum Gasteiger partial charge on any atom is 0.241 e. The third kappa shape index (κ3) is 4.01. The first kappa shape index (κ1) is 13.4. The number of nitrogens with one attached hydrogen (secondary N) is 1. The van der Waals surface area contributed by atoms with Gasteiger partial charge in [-0.2, -0.15) is 0 Å². The molecule has 0 radical (unpaired) electrons. The highest BCUT2D eigenvalue weighted by atomic mass is 19.1. The molecular formula is C12H16F2N2O. The van der Waals surface area contributed by atoms with Gasteiger partial charge in [-0.1, -0.05) is 0 Å². The Labute approximate surface area is 99.4 Å². The quantitative estimate of drug-likeness (QED) is 0.858. The van der Waals surface area contributed by atoms with Crippen LogP contribution >= 0.6 is 0 Å². The van der Waals surface area contributed by atoms with Gasteiger partial charge in [0, 0.05) is 24.8 Å². The molecule has 0 aliphatic carbocycles. The molecule has 0 atom stereocenters. The molecule has 0 heterocycles. The maximum absolute atomic E-state index is 12.9. The molecule has 0 aliphatic rings. The number of benzene rings is 1. The van der Waals surface area contributed by atoms with E-state index in [1.54, 1.807) is 4.90 Å². The Morgan fingerprint density at radius 2 is 1.71 bits per heavy atom. The van der Waals surface area contributed by atoms with E-state index in [-0.39, 0.29) is 18.1 Å². The molecule has 0 fully saturated rings. The van der Waals surface area contributed by atoms with Gasteiger partial charge in [0.1, 0.15) is 11.6 Å². The molecule has 5 heteroatoms. The van der Waals surface area contributed by atoms with Crippen LogP contribution in [0, 0.1) is 11.6 Å². The molecule has 0 unspecified atom stereocenters. The summed E-state index contributed by atoms with van der Waals surface area (Å²) in [7, 11) is 0. The van der Waals surface area contributed by atoms with Gasteiger partial charge in [-0.15, -0.1) is 0 Å². The van der Waals surface area contributed by atoms with Crippen molar-refractivity contribution in [2.45, 2.75) is 13.8 Å². The Balaban J connectivity index is 2.58. The van der Waals surface area contributed by atoms with Gasteiger partial charge in [-0.05, 0) is 26.0 Å². The van der Waals surface area contributed by atoms with Crippen molar-refractivity contribution in [3.63, 3.8) is 0 Å². The van der Waals surface area contributed by atoms with Crippen LogP contribution in [0.3, 0.4) is 0 Å². The average molecular weight is 242 g/mol. The van der Waals surface area contributed by atoms with Crippen molar-refractivity contribution >= 4 is 11.6 Å². The van der Waals surface area contributed by atoms with Crippen molar-refractivity contribution in [1.82, 2.24) is 4.90 Å². The summed E-state index contributed by atoms with van der Waals surface area (Å²) in [5.74, 6) is -1.43. The van der Waals surface area contributed by atoms with E-state index in [0.717, 1.165) is 18.2 Å². The van der Waals surface area contributed by atoms with E-state index in [1.807, 2.05) is 13.8 Å². The fourth-order valence-electron chi connectivity index (χ4n) is 1.52.